The van der Waals surface area contributed by atoms with Crippen molar-refractivity contribution in [1.29, 1.82) is 0 Å². The molecule has 18 heavy (non-hydrogen) atoms. The van der Waals surface area contributed by atoms with Crippen LogP contribution in [-0.4, -0.2) is 22.7 Å². The molecule has 2 rings (SSSR count). The monoisotopic (exact) mass is 320 g/mol. The van der Waals surface area contributed by atoms with E-state index in [1.807, 2.05) is 13.8 Å². The van der Waals surface area contributed by atoms with Crippen LogP contribution < -0.4 is 4.74 Å². The van der Waals surface area contributed by atoms with Crippen molar-refractivity contribution in [1.82, 2.24) is 10.2 Å². The highest BCUT2D eigenvalue weighted by atomic mass is 79.9. The lowest BCUT2D eigenvalue weighted by molar-refractivity contribution is -0.0227. The number of hydrogen-bond donors (Lipinski definition) is 1. The third-order valence-corrected chi connectivity index (χ3v) is 2.62. The minimum atomic E-state index is -2.86. The number of halogens is 3. The number of rotatable bonds is 3. The predicted molar refractivity (Wildman–Crippen MR) is 71.3 cm³/mol. The number of ether oxygens (including phenoxy) is 1. The summed E-state index contributed by atoms with van der Waals surface area (Å²) in [6, 6.07) is 3.52. The number of H-pyrrole nitrogens is 1. The van der Waals surface area contributed by atoms with Gasteiger partial charge in [0.1, 0.15) is 5.75 Å². The first-order valence-corrected chi connectivity index (χ1v) is 6.39. The van der Waals surface area contributed by atoms with Crippen LogP contribution in [0, 0.1) is 0 Å². The molecule has 0 unspecified atom stereocenters. The summed E-state index contributed by atoms with van der Waals surface area (Å²) in [7, 11) is 0. The normalized spacial score (nSPS) is 11.0. The molecule has 1 N–H and O–H groups in total. The van der Waals surface area contributed by atoms with Gasteiger partial charge in [-0.05, 0) is 28.1 Å². The molecule has 0 aliphatic carbocycles. The molecule has 3 nitrogen and oxygen atoms in total. The maximum Gasteiger partial charge on any atom is 0.278 e. The van der Waals surface area contributed by atoms with Crippen LogP contribution in [0.25, 0.3) is 10.9 Å². The summed E-state index contributed by atoms with van der Waals surface area (Å²) in [5.41, 5.74) is 0.748. The highest BCUT2D eigenvalue weighted by Gasteiger charge is 2.23. The van der Waals surface area contributed by atoms with Gasteiger partial charge in [0.05, 0.1) is 21.6 Å². The lowest BCUT2D eigenvalue weighted by Gasteiger charge is -2.13. The van der Waals surface area contributed by atoms with Crippen molar-refractivity contribution in [2.24, 2.45) is 0 Å². The highest BCUT2D eigenvalue weighted by Crippen LogP contribution is 2.33. The van der Waals surface area contributed by atoms with Crippen molar-refractivity contribution in [3.63, 3.8) is 0 Å². The van der Waals surface area contributed by atoms with E-state index in [4.69, 9.17) is 4.74 Å². The van der Waals surface area contributed by atoms with E-state index in [1.165, 1.54) is 0 Å². The predicted octanol–water partition coefficient (Wildman–Crippen LogP) is 4.39. The van der Waals surface area contributed by atoms with Crippen molar-refractivity contribution >= 4 is 26.8 Å². The summed E-state index contributed by atoms with van der Waals surface area (Å²) in [5.74, 6) is -2.47. The Morgan fingerprint density at radius 3 is 2.67 bits per heavy atom. The number of fused-ring (bicyclic) bond motifs is 1. The zero-order valence-electron chi connectivity index (χ0n) is 10.4. The molecule has 100 valence electrons. The van der Waals surface area contributed by atoms with E-state index < -0.39 is 12.5 Å². The first-order valence-electron chi connectivity index (χ1n) is 5.59. The third-order valence-electron chi connectivity index (χ3n) is 2.00. The summed E-state index contributed by atoms with van der Waals surface area (Å²) in [6.07, 6.45) is 1.54. The average Bonchev–Trinajstić information content (AvgIpc) is 2.77. The van der Waals surface area contributed by atoms with Crippen LogP contribution in [-0.2, 0) is 0 Å². The molecule has 0 spiro atoms. The summed E-state index contributed by atoms with van der Waals surface area (Å²) >= 11 is 3.26. The summed E-state index contributed by atoms with van der Waals surface area (Å²) < 4.78 is 31.2. The molecule has 1 aromatic heterocycles. The lowest BCUT2D eigenvalue weighted by atomic mass is 10.2. The van der Waals surface area contributed by atoms with Crippen molar-refractivity contribution in [3.8, 4) is 5.75 Å². The number of hydrogen-bond acceptors (Lipinski definition) is 2. The van der Waals surface area contributed by atoms with Crippen molar-refractivity contribution in [2.45, 2.75) is 26.7 Å². The van der Waals surface area contributed by atoms with Gasteiger partial charge < -0.3 is 4.74 Å². The summed E-state index contributed by atoms with van der Waals surface area (Å²) in [5, 5.41) is 7.26. The van der Waals surface area contributed by atoms with E-state index in [0.29, 0.717) is 15.6 Å². The van der Waals surface area contributed by atoms with Gasteiger partial charge in [0.15, 0.2) is 6.61 Å². The number of nitrogens with one attached hydrogen (secondary N) is 1. The Balaban J connectivity index is 0.000000771. The second kappa shape index (κ2) is 6.13. The quantitative estimate of drug-likeness (QED) is 0.911. The molecule has 0 saturated heterocycles. The molecule has 0 atom stereocenters. The fourth-order valence-electron chi connectivity index (χ4n) is 1.31. The molecule has 0 amide bonds. The first-order chi connectivity index (χ1) is 8.47. The molecule has 6 heteroatoms. The van der Waals surface area contributed by atoms with Crippen LogP contribution in [0.2, 0.25) is 0 Å². The Kier molecular flexibility index (Phi) is 5.07. The van der Waals surface area contributed by atoms with Crippen LogP contribution in [0.15, 0.2) is 22.8 Å². The number of nitrogens with zero attached hydrogens (tertiary/aromatic N) is 1. The second-order valence-corrected chi connectivity index (χ2v) is 4.42. The van der Waals surface area contributed by atoms with Crippen molar-refractivity contribution in [2.75, 3.05) is 6.61 Å². The van der Waals surface area contributed by atoms with Gasteiger partial charge in [-0.25, -0.2) is 8.78 Å². The number of benzene rings is 1. The molecule has 0 radical (unpaired) electrons. The first kappa shape index (κ1) is 14.9. The van der Waals surface area contributed by atoms with Crippen LogP contribution >= 0.6 is 15.9 Å². The van der Waals surface area contributed by atoms with E-state index in [2.05, 4.69) is 26.1 Å². The van der Waals surface area contributed by atoms with Crippen LogP contribution in [0.4, 0.5) is 8.78 Å². The standard InChI is InChI=1S/C10H9BrF2N2O.C2H6/c1-10(12,13)5-16-9-6-4-14-15-8(6)3-2-7(9)11;1-2/h2-4H,5H2,1H3,(H,14,15);1-2H3. The molecule has 0 bridgehead atoms. The van der Waals surface area contributed by atoms with Gasteiger partial charge in [0.2, 0.25) is 0 Å². The fraction of sp³-hybridized carbons (Fsp3) is 0.417. The molecule has 2 aromatic rings. The average molecular weight is 321 g/mol. The Hall–Kier alpha value is -1.17. The molecule has 1 aromatic carbocycles. The topological polar surface area (TPSA) is 37.9 Å². The maximum atomic E-state index is 12.7. The van der Waals surface area contributed by atoms with Crippen LogP contribution in [0.5, 0.6) is 5.75 Å². The maximum absolute atomic E-state index is 12.7. The largest absolute Gasteiger partial charge is 0.485 e. The number of alkyl halides is 2. The van der Waals surface area contributed by atoms with E-state index in [0.717, 1.165) is 12.4 Å². The molecule has 1 heterocycles. The molecule has 0 aliphatic heterocycles. The van der Waals surface area contributed by atoms with E-state index in [9.17, 15) is 8.78 Å². The van der Waals surface area contributed by atoms with E-state index in [-0.39, 0.29) is 0 Å². The molecule has 0 aliphatic rings. The summed E-state index contributed by atoms with van der Waals surface area (Å²) in [6.45, 7) is 4.16. The van der Waals surface area contributed by atoms with Gasteiger partial charge in [0.25, 0.3) is 5.92 Å². The van der Waals surface area contributed by atoms with Crippen molar-refractivity contribution in [3.05, 3.63) is 22.8 Å². The van der Waals surface area contributed by atoms with E-state index in [1.54, 1.807) is 18.3 Å². The van der Waals surface area contributed by atoms with Gasteiger partial charge in [-0.1, -0.05) is 13.8 Å². The van der Waals surface area contributed by atoms with Gasteiger partial charge >= 0.3 is 0 Å². The Labute approximate surface area is 113 Å². The minimum absolute atomic E-state index is 0.382. The molecule has 0 saturated carbocycles. The lowest BCUT2D eigenvalue weighted by Crippen LogP contribution is -2.21. The van der Waals surface area contributed by atoms with Crippen molar-refractivity contribution < 1.29 is 13.5 Å². The van der Waals surface area contributed by atoms with Gasteiger partial charge in [0, 0.05) is 6.92 Å². The zero-order valence-corrected chi connectivity index (χ0v) is 12.0. The summed E-state index contributed by atoms with van der Waals surface area (Å²) in [4.78, 5) is 0. The molecular formula is C12H15BrF2N2O. The Morgan fingerprint density at radius 1 is 1.39 bits per heavy atom. The molecular weight excluding hydrogens is 306 g/mol. The van der Waals surface area contributed by atoms with Gasteiger partial charge in [-0.3, -0.25) is 5.10 Å². The fourth-order valence-corrected chi connectivity index (χ4v) is 1.77. The highest BCUT2D eigenvalue weighted by molar-refractivity contribution is 9.10. The van der Waals surface area contributed by atoms with Crippen LogP contribution in [0.1, 0.15) is 20.8 Å². The number of aromatic nitrogens is 2. The SMILES string of the molecule is CC.CC(F)(F)COc1c(Br)ccc2[nH]ncc12. The smallest absolute Gasteiger partial charge is 0.278 e. The Bertz CT molecular complexity index is 508. The Morgan fingerprint density at radius 2 is 2.06 bits per heavy atom. The molecule has 0 fully saturated rings. The second-order valence-electron chi connectivity index (χ2n) is 3.57. The van der Waals surface area contributed by atoms with Crippen LogP contribution in [0.3, 0.4) is 0 Å². The van der Waals surface area contributed by atoms with Gasteiger partial charge in [-0.2, -0.15) is 5.10 Å². The zero-order chi connectivity index (χ0) is 13.8. The third kappa shape index (κ3) is 3.66. The van der Waals surface area contributed by atoms with Gasteiger partial charge in [-0.15, -0.1) is 0 Å². The number of aromatic amines is 1. The minimum Gasteiger partial charge on any atom is -0.485 e. The van der Waals surface area contributed by atoms with E-state index >= 15 is 0 Å².